The normalized spacial score (nSPS) is 18.7. The molecular weight excluding hydrogens is 400 g/mol. The molecule has 2 aromatic heterocycles. The van der Waals surface area contributed by atoms with E-state index in [4.69, 9.17) is 0 Å². The summed E-state index contributed by atoms with van der Waals surface area (Å²) in [6.07, 6.45) is 3.35. The number of nitrogens with zero attached hydrogens (tertiary/aromatic N) is 3. The van der Waals surface area contributed by atoms with Crippen LogP contribution in [-0.2, 0) is 9.59 Å². The first kappa shape index (κ1) is 18.4. The summed E-state index contributed by atoms with van der Waals surface area (Å²) in [4.78, 5) is 40.4. The number of pyridine rings is 1. The molecule has 1 amide bonds. The minimum Gasteiger partial charge on any atom is -0.345 e. The van der Waals surface area contributed by atoms with Gasteiger partial charge in [0.1, 0.15) is 0 Å². The number of aromatic nitrogens is 3. The van der Waals surface area contributed by atoms with Crippen LogP contribution in [0.15, 0.2) is 91.4 Å². The number of benzene rings is 3. The first-order valence-electron chi connectivity index (χ1n) is 10.4. The maximum Gasteiger partial charge on any atom is 0.295 e. The number of para-hydroxylation sites is 1. The van der Waals surface area contributed by atoms with E-state index in [1.807, 2.05) is 78.9 Å². The average Bonchev–Trinajstić information content (AvgIpc) is 3.41. The molecule has 154 valence electrons. The van der Waals surface area contributed by atoms with E-state index < -0.39 is 23.7 Å². The van der Waals surface area contributed by atoms with E-state index in [2.05, 4.69) is 15.0 Å². The third kappa shape index (κ3) is 2.73. The molecular formula is C26H18N4O2. The van der Waals surface area contributed by atoms with Gasteiger partial charge in [0.2, 0.25) is 5.78 Å². The highest BCUT2D eigenvalue weighted by Crippen LogP contribution is 2.46. The SMILES string of the molecule is O=C1C(=O)N(c2ccc3nc[nH]c3c2)C(c2cccc3cccnc23)C1c1ccccc1. The second-order valence-electron chi connectivity index (χ2n) is 7.90. The molecule has 6 nitrogen and oxygen atoms in total. The lowest BCUT2D eigenvalue weighted by Crippen LogP contribution is -2.29. The van der Waals surface area contributed by atoms with Gasteiger partial charge in [0.15, 0.2) is 0 Å². The predicted octanol–water partition coefficient (Wildman–Crippen LogP) is 4.55. The molecule has 3 heterocycles. The fourth-order valence-corrected chi connectivity index (χ4v) is 4.70. The Hall–Kier alpha value is -4.32. The summed E-state index contributed by atoms with van der Waals surface area (Å²) in [6, 6.07) is 24.3. The number of amides is 1. The molecule has 0 spiro atoms. The zero-order chi connectivity index (χ0) is 21.7. The van der Waals surface area contributed by atoms with Crippen LogP contribution in [0, 0.1) is 0 Å². The van der Waals surface area contributed by atoms with E-state index in [9.17, 15) is 9.59 Å². The van der Waals surface area contributed by atoms with Gasteiger partial charge in [-0.15, -0.1) is 0 Å². The number of carbonyl (C=O) groups excluding carboxylic acids is 2. The molecule has 3 aromatic carbocycles. The van der Waals surface area contributed by atoms with Gasteiger partial charge in [0, 0.05) is 22.8 Å². The maximum absolute atomic E-state index is 13.4. The van der Waals surface area contributed by atoms with Crippen molar-refractivity contribution in [1.29, 1.82) is 0 Å². The number of Topliss-reactive ketones (excluding diaryl/α,β-unsaturated/α-hetero) is 1. The van der Waals surface area contributed by atoms with Gasteiger partial charge in [-0.25, -0.2) is 4.98 Å². The number of fused-ring (bicyclic) bond motifs is 2. The Bertz CT molecular complexity index is 1490. The number of hydrogen-bond donors (Lipinski definition) is 1. The van der Waals surface area contributed by atoms with Gasteiger partial charge in [-0.1, -0.05) is 54.6 Å². The lowest BCUT2D eigenvalue weighted by molar-refractivity contribution is -0.134. The number of ketones is 1. The van der Waals surface area contributed by atoms with Gasteiger partial charge < -0.3 is 4.98 Å². The van der Waals surface area contributed by atoms with Crippen LogP contribution in [-0.4, -0.2) is 26.6 Å². The predicted molar refractivity (Wildman–Crippen MR) is 122 cm³/mol. The summed E-state index contributed by atoms with van der Waals surface area (Å²) in [5.41, 5.74) is 4.71. The second-order valence-corrected chi connectivity index (χ2v) is 7.90. The zero-order valence-electron chi connectivity index (χ0n) is 17.0. The monoisotopic (exact) mass is 418 g/mol. The fraction of sp³-hybridized carbons (Fsp3) is 0.0769. The smallest absolute Gasteiger partial charge is 0.295 e. The van der Waals surface area contributed by atoms with Crippen LogP contribution in [0.3, 0.4) is 0 Å². The second kappa shape index (κ2) is 7.13. The number of hydrogen-bond acceptors (Lipinski definition) is 4. The Balaban J connectivity index is 1.61. The Morgan fingerprint density at radius 1 is 0.844 bits per heavy atom. The van der Waals surface area contributed by atoms with Crippen LogP contribution in [0.4, 0.5) is 5.69 Å². The van der Waals surface area contributed by atoms with E-state index in [1.165, 1.54) is 0 Å². The summed E-state index contributed by atoms with van der Waals surface area (Å²) in [7, 11) is 0. The first-order chi connectivity index (χ1) is 15.7. The largest absolute Gasteiger partial charge is 0.345 e. The van der Waals surface area contributed by atoms with Crippen LogP contribution in [0.1, 0.15) is 23.1 Å². The van der Waals surface area contributed by atoms with Crippen molar-refractivity contribution in [3.63, 3.8) is 0 Å². The van der Waals surface area contributed by atoms with Crippen molar-refractivity contribution < 1.29 is 9.59 Å². The van der Waals surface area contributed by atoms with Gasteiger partial charge in [0.25, 0.3) is 5.91 Å². The van der Waals surface area contributed by atoms with Crippen molar-refractivity contribution in [3.05, 3.63) is 103 Å². The first-order valence-corrected chi connectivity index (χ1v) is 10.4. The number of rotatable bonds is 3. The summed E-state index contributed by atoms with van der Waals surface area (Å²) < 4.78 is 0. The zero-order valence-corrected chi connectivity index (χ0v) is 17.0. The van der Waals surface area contributed by atoms with Crippen LogP contribution in [0.5, 0.6) is 0 Å². The summed E-state index contributed by atoms with van der Waals surface area (Å²) in [5, 5.41) is 0.965. The Labute approximate surface area is 183 Å². The van der Waals surface area contributed by atoms with Crippen molar-refractivity contribution in [3.8, 4) is 0 Å². The fourth-order valence-electron chi connectivity index (χ4n) is 4.70. The number of carbonyl (C=O) groups is 2. The average molecular weight is 418 g/mol. The third-order valence-corrected chi connectivity index (χ3v) is 6.13. The molecule has 1 aliphatic rings. The number of imidazole rings is 1. The van der Waals surface area contributed by atoms with Crippen LogP contribution >= 0.6 is 0 Å². The molecule has 2 atom stereocenters. The van der Waals surface area contributed by atoms with Crippen molar-refractivity contribution in [1.82, 2.24) is 15.0 Å². The quantitative estimate of drug-likeness (QED) is 0.436. The van der Waals surface area contributed by atoms with Crippen LogP contribution in [0.2, 0.25) is 0 Å². The molecule has 2 unspecified atom stereocenters. The number of aromatic amines is 1. The highest BCUT2D eigenvalue weighted by atomic mass is 16.2. The number of H-pyrrole nitrogens is 1. The standard InChI is InChI=1S/C26H18N4O2/c31-25-22(16-6-2-1-3-7-16)24(19-10-4-8-17-9-5-13-27-23(17)19)30(26(25)32)18-11-12-20-21(14-18)29-15-28-20/h1-15,22,24H,(H,28,29). The van der Waals surface area contributed by atoms with Crippen LogP contribution < -0.4 is 4.90 Å². The maximum atomic E-state index is 13.4. The molecule has 1 aliphatic heterocycles. The minimum absolute atomic E-state index is 0.418. The molecule has 0 aliphatic carbocycles. The van der Waals surface area contributed by atoms with E-state index in [0.717, 1.165) is 33.1 Å². The Morgan fingerprint density at radius 3 is 2.56 bits per heavy atom. The van der Waals surface area contributed by atoms with Crippen molar-refractivity contribution in [2.24, 2.45) is 0 Å². The third-order valence-electron chi connectivity index (χ3n) is 6.13. The highest BCUT2D eigenvalue weighted by Gasteiger charge is 2.50. The molecule has 5 aromatic rings. The molecule has 1 N–H and O–H groups in total. The Kier molecular flexibility index (Phi) is 4.11. The molecule has 0 radical (unpaired) electrons. The van der Waals surface area contributed by atoms with Crippen LogP contribution in [0.25, 0.3) is 21.9 Å². The molecule has 1 fully saturated rings. The molecule has 1 saturated heterocycles. The lowest BCUT2D eigenvalue weighted by atomic mass is 9.86. The highest BCUT2D eigenvalue weighted by molar-refractivity contribution is 6.46. The van der Waals surface area contributed by atoms with E-state index >= 15 is 0 Å². The topological polar surface area (TPSA) is 79.0 Å². The van der Waals surface area contributed by atoms with E-state index in [0.29, 0.717) is 5.69 Å². The molecule has 6 rings (SSSR count). The molecule has 0 saturated carbocycles. The summed E-state index contributed by atoms with van der Waals surface area (Å²) in [6.45, 7) is 0. The van der Waals surface area contributed by atoms with Crippen molar-refractivity contribution in [2.75, 3.05) is 4.90 Å². The van der Waals surface area contributed by atoms with E-state index in [1.54, 1.807) is 17.4 Å². The van der Waals surface area contributed by atoms with Crippen molar-refractivity contribution in [2.45, 2.75) is 12.0 Å². The summed E-state index contributed by atoms with van der Waals surface area (Å²) in [5.74, 6) is -1.57. The number of anilines is 1. The molecule has 32 heavy (non-hydrogen) atoms. The lowest BCUT2D eigenvalue weighted by Gasteiger charge is -2.28. The van der Waals surface area contributed by atoms with E-state index in [-0.39, 0.29) is 0 Å². The van der Waals surface area contributed by atoms with Gasteiger partial charge >= 0.3 is 0 Å². The number of nitrogens with one attached hydrogen (secondary N) is 1. The Morgan fingerprint density at radius 2 is 1.69 bits per heavy atom. The molecule has 0 bridgehead atoms. The van der Waals surface area contributed by atoms with Gasteiger partial charge in [0.05, 0.1) is 34.8 Å². The van der Waals surface area contributed by atoms with Gasteiger partial charge in [-0.05, 0) is 29.8 Å². The van der Waals surface area contributed by atoms with Gasteiger partial charge in [-0.2, -0.15) is 0 Å². The summed E-state index contributed by atoms with van der Waals surface area (Å²) >= 11 is 0. The minimum atomic E-state index is -0.631. The molecule has 6 heteroatoms. The van der Waals surface area contributed by atoms with Gasteiger partial charge in [-0.3, -0.25) is 19.5 Å². The van der Waals surface area contributed by atoms with Crippen molar-refractivity contribution >= 4 is 39.3 Å².